The molecule has 0 aliphatic heterocycles. The lowest BCUT2D eigenvalue weighted by atomic mass is 9.94. The Morgan fingerprint density at radius 2 is 2.04 bits per heavy atom. The molecule has 23 heavy (non-hydrogen) atoms. The van der Waals surface area contributed by atoms with Crippen LogP contribution in [0.5, 0.6) is 0 Å². The van der Waals surface area contributed by atoms with Crippen LogP contribution in [0.15, 0.2) is 9.95 Å². The highest BCUT2D eigenvalue weighted by molar-refractivity contribution is 7.98. The first-order valence-corrected chi connectivity index (χ1v) is 9.13. The standard InChI is InChI=1S/C16H24N2O4S/c1-10-11(15(20)18-16(17-10)23-3)8-9-14(19)22-13-7-5-4-6-12(13)21-2/h12-13H,4-9H2,1-3H3,(H,17,18,20)/t12-,13-/m0/s1. The molecule has 1 aromatic heterocycles. The topological polar surface area (TPSA) is 81.3 Å². The summed E-state index contributed by atoms with van der Waals surface area (Å²) >= 11 is 1.38. The van der Waals surface area contributed by atoms with Gasteiger partial charge in [-0.15, -0.1) is 0 Å². The summed E-state index contributed by atoms with van der Waals surface area (Å²) < 4.78 is 10.9. The van der Waals surface area contributed by atoms with Crippen LogP contribution in [0.3, 0.4) is 0 Å². The molecule has 1 heterocycles. The maximum absolute atomic E-state index is 12.1. The molecule has 0 amide bonds. The molecule has 6 nitrogen and oxygen atoms in total. The molecule has 1 aromatic rings. The van der Waals surface area contributed by atoms with Gasteiger partial charge in [-0.25, -0.2) is 4.98 Å². The molecular formula is C16H24N2O4S. The van der Waals surface area contributed by atoms with E-state index in [1.807, 2.05) is 6.26 Å². The van der Waals surface area contributed by atoms with Crippen molar-refractivity contribution in [3.63, 3.8) is 0 Å². The van der Waals surface area contributed by atoms with Gasteiger partial charge in [0.1, 0.15) is 6.10 Å². The normalized spacial score (nSPS) is 21.2. The van der Waals surface area contributed by atoms with Gasteiger partial charge in [0.15, 0.2) is 5.16 Å². The van der Waals surface area contributed by atoms with E-state index in [0.717, 1.165) is 25.7 Å². The summed E-state index contributed by atoms with van der Waals surface area (Å²) in [6.07, 6.45) is 6.11. The molecular weight excluding hydrogens is 316 g/mol. The zero-order valence-corrected chi connectivity index (χ0v) is 14.7. The minimum Gasteiger partial charge on any atom is -0.460 e. The number of hydrogen-bond donors (Lipinski definition) is 1. The highest BCUT2D eigenvalue weighted by Gasteiger charge is 2.28. The Hall–Kier alpha value is -1.34. The van der Waals surface area contributed by atoms with Gasteiger partial charge in [-0.2, -0.15) is 0 Å². The summed E-state index contributed by atoms with van der Waals surface area (Å²) in [5.74, 6) is -0.285. The Labute approximate surface area is 140 Å². The Morgan fingerprint density at radius 1 is 1.35 bits per heavy atom. The van der Waals surface area contributed by atoms with Crippen molar-refractivity contribution in [1.29, 1.82) is 0 Å². The summed E-state index contributed by atoms with van der Waals surface area (Å²) in [6, 6.07) is 0. The number of ether oxygens (including phenoxy) is 2. The quantitative estimate of drug-likeness (QED) is 0.486. The number of H-pyrrole nitrogens is 1. The lowest BCUT2D eigenvalue weighted by molar-refractivity contribution is -0.159. The molecule has 0 aromatic carbocycles. The molecule has 1 N–H and O–H groups in total. The van der Waals surface area contributed by atoms with Crippen LogP contribution < -0.4 is 5.56 Å². The van der Waals surface area contributed by atoms with E-state index in [1.54, 1.807) is 14.0 Å². The average Bonchev–Trinajstić information content (AvgIpc) is 2.54. The number of esters is 1. The predicted octanol–water partition coefficient (Wildman–Crippen LogP) is 2.23. The van der Waals surface area contributed by atoms with E-state index in [2.05, 4.69) is 9.97 Å². The molecule has 7 heteroatoms. The molecule has 2 atom stereocenters. The summed E-state index contributed by atoms with van der Waals surface area (Å²) in [5.41, 5.74) is 1.03. The number of carbonyl (C=O) groups excluding carboxylic acids is 1. The smallest absolute Gasteiger partial charge is 0.306 e. The van der Waals surface area contributed by atoms with E-state index < -0.39 is 0 Å². The minimum absolute atomic E-state index is 0.0135. The van der Waals surface area contributed by atoms with Crippen LogP contribution in [0.4, 0.5) is 0 Å². The van der Waals surface area contributed by atoms with Gasteiger partial charge < -0.3 is 14.5 Å². The van der Waals surface area contributed by atoms with Crippen molar-refractivity contribution in [1.82, 2.24) is 9.97 Å². The average molecular weight is 340 g/mol. The first-order valence-electron chi connectivity index (χ1n) is 7.91. The van der Waals surface area contributed by atoms with Gasteiger partial charge in [0, 0.05) is 24.8 Å². The number of methoxy groups -OCH3 is 1. The van der Waals surface area contributed by atoms with Crippen molar-refractivity contribution in [2.45, 2.75) is 62.8 Å². The van der Waals surface area contributed by atoms with Gasteiger partial charge in [-0.1, -0.05) is 18.2 Å². The van der Waals surface area contributed by atoms with E-state index in [9.17, 15) is 9.59 Å². The van der Waals surface area contributed by atoms with Crippen molar-refractivity contribution < 1.29 is 14.3 Å². The highest BCUT2D eigenvalue weighted by Crippen LogP contribution is 2.24. The largest absolute Gasteiger partial charge is 0.460 e. The number of nitrogens with zero attached hydrogens (tertiary/aromatic N) is 1. The van der Waals surface area contributed by atoms with E-state index in [0.29, 0.717) is 22.8 Å². The molecule has 1 saturated carbocycles. The SMILES string of the molecule is CO[C@H]1CCCC[C@@H]1OC(=O)CCc1c(C)nc(SC)[nH]c1=O. The zero-order valence-electron chi connectivity index (χ0n) is 13.9. The number of carbonyl (C=O) groups is 1. The van der Waals surface area contributed by atoms with E-state index >= 15 is 0 Å². The third kappa shape index (κ3) is 4.81. The van der Waals surface area contributed by atoms with Crippen LogP contribution in [0, 0.1) is 6.92 Å². The maximum atomic E-state index is 12.1. The second-order valence-electron chi connectivity index (χ2n) is 5.73. The van der Waals surface area contributed by atoms with Gasteiger partial charge in [0.05, 0.1) is 6.10 Å². The Morgan fingerprint density at radius 3 is 2.65 bits per heavy atom. The zero-order chi connectivity index (χ0) is 16.8. The Balaban J connectivity index is 1.93. The van der Waals surface area contributed by atoms with E-state index in [4.69, 9.17) is 9.47 Å². The van der Waals surface area contributed by atoms with Crippen LogP contribution >= 0.6 is 11.8 Å². The van der Waals surface area contributed by atoms with Crippen molar-refractivity contribution in [2.75, 3.05) is 13.4 Å². The molecule has 1 fully saturated rings. The van der Waals surface area contributed by atoms with E-state index in [1.165, 1.54) is 11.8 Å². The number of hydrogen-bond acceptors (Lipinski definition) is 6. The van der Waals surface area contributed by atoms with Crippen LogP contribution in [0.1, 0.15) is 43.4 Å². The molecule has 0 saturated heterocycles. The third-order valence-electron chi connectivity index (χ3n) is 4.20. The third-order valence-corrected chi connectivity index (χ3v) is 4.78. The molecule has 2 rings (SSSR count). The molecule has 1 aliphatic rings. The van der Waals surface area contributed by atoms with Crippen molar-refractivity contribution in [3.05, 3.63) is 21.6 Å². The fraction of sp³-hybridized carbons (Fsp3) is 0.688. The summed E-state index contributed by atoms with van der Waals surface area (Å²) in [5, 5.41) is 0.587. The first kappa shape index (κ1) is 18.0. The Bertz CT molecular complexity index is 602. The summed E-state index contributed by atoms with van der Waals surface area (Å²) in [7, 11) is 1.65. The fourth-order valence-electron chi connectivity index (χ4n) is 2.90. The van der Waals surface area contributed by atoms with Crippen LogP contribution in [-0.4, -0.2) is 41.5 Å². The lowest BCUT2D eigenvalue weighted by Crippen LogP contribution is -2.35. The first-order chi connectivity index (χ1) is 11.0. The molecule has 1 aliphatic carbocycles. The second kappa shape index (κ2) is 8.49. The van der Waals surface area contributed by atoms with Crippen LogP contribution in [0.25, 0.3) is 0 Å². The number of thioether (sulfide) groups is 1. The fourth-order valence-corrected chi connectivity index (χ4v) is 3.32. The van der Waals surface area contributed by atoms with Crippen LogP contribution in [0.2, 0.25) is 0 Å². The van der Waals surface area contributed by atoms with Crippen molar-refractivity contribution >= 4 is 17.7 Å². The number of nitrogens with one attached hydrogen (secondary N) is 1. The number of aromatic amines is 1. The van der Waals surface area contributed by atoms with Gasteiger partial charge in [-0.3, -0.25) is 9.59 Å². The van der Waals surface area contributed by atoms with Gasteiger partial charge in [-0.05, 0) is 38.9 Å². The number of rotatable bonds is 6. The number of aryl methyl sites for hydroxylation is 1. The molecule has 128 valence electrons. The molecule has 0 unspecified atom stereocenters. The maximum Gasteiger partial charge on any atom is 0.306 e. The van der Waals surface area contributed by atoms with Gasteiger partial charge in [0.2, 0.25) is 0 Å². The Kier molecular flexibility index (Phi) is 6.65. The second-order valence-corrected chi connectivity index (χ2v) is 6.52. The van der Waals surface area contributed by atoms with Gasteiger partial charge >= 0.3 is 5.97 Å². The summed E-state index contributed by atoms with van der Waals surface area (Å²) in [6.45, 7) is 1.79. The lowest BCUT2D eigenvalue weighted by Gasteiger charge is -2.29. The number of aromatic nitrogens is 2. The molecule has 0 bridgehead atoms. The van der Waals surface area contributed by atoms with Gasteiger partial charge in [0.25, 0.3) is 5.56 Å². The molecule has 0 radical (unpaired) electrons. The highest BCUT2D eigenvalue weighted by atomic mass is 32.2. The summed E-state index contributed by atoms with van der Waals surface area (Å²) in [4.78, 5) is 31.1. The monoisotopic (exact) mass is 340 g/mol. The minimum atomic E-state index is -0.285. The van der Waals surface area contributed by atoms with Crippen molar-refractivity contribution in [3.8, 4) is 0 Å². The predicted molar refractivity (Wildman–Crippen MR) is 88.8 cm³/mol. The van der Waals surface area contributed by atoms with E-state index in [-0.39, 0.29) is 30.2 Å². The van der Waals surface area contributed by atoms with Crippen LogP contribution in [-0.2, 0) is 20.7 Å². The molecule has 0 spiro atoms. The van der Waals surface area contributed by atoms with Crippen molar-refractivity contribution in [2.24, 2.45) is 0 Å².